The Morgan fingerprint density at radius 1 is 1.19 bits per heavy atom. The van der Waals surface area contributed by atoms with Gasteiger partial charge in [-0.3, -0.25) is 15.0 Å². The van der Waals surface area contributed by atoms with E-state index in [1.807, 2.05) is 12.1 Å². The van der Waals surface area contributed by atoms with Gasteiger partial charge in [0, 0.05) is 18.2 Å². The predicted molar refractivity (Wildman–Crippen MR) is 74.6 cm³/mol. The number of ketones is 1. The Labute approximate surface area is 122 Å². The van der Waals surface area contributed by atoms with E-state index in [9.17, 15) is 9.59 Å². The van der Waals surface area contributed by atoms with Gasteiger partial charge in [-0.2, -0.15) is 0 Å². The Balaban J connectivity index is 1.56. The second-order valence-corrected chi connectivity index (χ2v) is 4.97. The second-order valence-electron chi connectivity index (χ2n) is 4.97. The van der Waals surface area contributed by atoms with Gasteiger partial charge in [-0.05, 0) is 25.0 Å². The zero-order valence-corrected chi connectivity index (χ0v) is 11.4. The summed E-state index contributed by atoms with van der Waals surface area (Å²) in [6.45, 7) is 0.155. The lowest BCUT2D eigenvalue weighted by Gasteiger charge is -2.26. The minimum atomic E-state index is -0.715. The first kappa shape index (κ1) is 13.5. The van der Waals surface area contributed by atoms with E-state index in [0.717, 1.165) is 18.5 Å². The van der Waals surface area contributed by atoms with Crippen LogP contribution in [0.4, 0.5) is 0 Å². The van der Waals surface area contributed by atoms with Crippen LogP contribution in [-0.4, -0.2) is 24.4 Å². The lowest BCUT2D eigenvalue weighted by Crippen LogP contribution is -2.49. The van der Waals surface area contributed by atoms with Gasteiger partial charge in [0.1, 0.15) is 6.61 Å². The standard InChI is InChI=1S/C15H16N2O4/c18-11-5-3-4-10(8-11)16-17-15(19)14-9-20-12-6-1-2-7-13(12)21-14/h1-2,6-8,14,16H,3-5,9H2,(H,17,19)/t14-/m0/s1. The summed E-state index contributed by atoms with van der Waals surface area (Å²) >= 11 is 0. The first-order valence-corrected chi connectivity index (χ1v) is 6.90. The van der Waals surface area contributed by atoms with Crippen LogP contribution in [-0.2, 0) is 9.59 Å². The second kappa shape index (κ2) is 5.87. The monoisotopic (exact) mass is 288 g/mol. The van der Waals surface area contributed by atoms with Crippen LogP contribution in [0.15, 0.2) is 36.0 Å². The molecular formula is C15H16N2O4. The Hall–Kier alpha value is -2.50. The molecule has 21 heavy (non-hydrogen) atoms. The SMILES string of the molecule is O=C1C=C(NNC(=O)[C@@H]2COc3ccccc3O2)CCC1. The molecule has 0 radical (unpaired) electrons. The zero-order valence-electron chi connectivity index (χ0n) is 11.4. The van der Waals surface area contributed by atoms with Crippen LogP contribution in [0.25, 0.3) is 0 Å². The van der Waals surface area contributed by atoms with Crippen LogP contribution in [0.3, 0.4) is 0 Å². The zero-order chi connectivity index (χ0) is 14.7. The third-order valence-corrected chi connectivity index (χ3v) is 3.35. The van der Waals surface area contributed by atoms with Gasteiger partial charge in [-0.15, -0.1) is 0 Å². The van der Waals surface area contributed by atoms with E-state index in [1.54, 1.807) is 12.1 Å². The van der Waals surface area contributed by atoms with Gasteiger partial charge < -0.3 is 14.9 Å². The number of hydrogen-bond acceptors (Lipinski definition) is 5. The topological polar surface area (TPSA) is 76.7 Å². The van der Waals surface area contributed by atoms with Crippen molar-refractivity contribution in [2.45, 2.75) is 25.4 Å². The average Bonchev–Trinajstić information content (AvgIpc) is 2.52. The number of fused-ring (bicyclic) bond motifs is 1. The molecule has 3 rings (SSSR count). The Bertz CT molecular complexity index is 597. The minimum absolute atomic E-state index is 0.0733. The maximum absolute atomic E-state index is 12.0. The van der Waals surface area contributed by atoms with Gasteiger partial charge in [0.05, 0.1) is 0 Å². The summed E-state index contributed by atoms with van der Waals surface area (Å²) in [6.07, 6.45) is 2.92. The molecule has 1 aliphatic heterocycles. The van der Waals surface area contributed by atoms with Gasteiger partial charge in [0.2, 0.25) is 6.10 Å². The van der Waals surface area contributed by atoms with Crippen molar-refractivity contribution < 1.29 is 19.1 Å². The first-order chi connectivity index (χ1) is 10.2. The summed E-state index contributed by atoms with van der Waals surface area (Å²) in [5.41, 5.74) is 6.06. The van der Waals surface area contributed by atoms with E-state index in [-0.39, 0.29) is 18.3 Å². The van der Waals surface area contributed by atoms with Crippen molar-refractivity contribution in [3.05, 3.63) is 36.0 Å². The van der Waals surface area contributed by atoms with Crippen molar-refractivity contribution >= 4 is 11.7 Å². The fraction of sp³-hybridized carbons (Fsp3) is 0.333. The summed E-state index contributed by atoms with van der Waals surface area (Å²) < 4.78 is 11.1. The Kier molecular flexibility index (Phi) is 3.77. The fourth-order valence-corrected chi connectivity index (χ4v) is 2.26. The molecule has 110 valence electrons. The van der Waals surface area contributed by atoms with E-state index < -0.39 is 6.10 Å². The van der Waals surface area contributed by atoms with Crippen molar-refractivity contribution in [3.63, 3.8) is 0 Å². The summed E-state index contributed by atoms with van der Waals surface area (Å²) in [5.74, 6) is 0.929. The molecule has 1 aromatic rings. The Morgan fingerprint density at radius 2 is 2.00 bits per heavy atom. The lowest BCUT2D eigenvalue weighted by molar-refractivity contribution is -0.131. The molecule has 0 saturated carbocycles. The first-order valence-electron chi connectivity index (χ1n) is 6.90. The highest BCUT2D eigenvalue weighted by Crippen LogP contribution is 2.30. The number of ether oxygens (including phenoxy) is 2. The largest absolute Gasteiger partial charge is 0.485 e. The van der Waals surface area contributed by atoms with Gasteiger partial charge in [0.25, 0.3) is 5.91 Å². The number of hydrazine groups is 1. The van der Waals surface area contributed by atoms with Crippen molar-refractivity contribution in [2.24, 2.45) is 0 Å². The molecule has 0 aromatic heterocycles. The average molecular weight is 288 g/mol. The minimum Gasteiger partial charge on any atom is -0.485 e. The molecule has 6 nitrogen and oxygen atoms in total. The molecule has 0 unspecified atom stereocenters. The van der Waals surface area contributed by atoms with E-state index in [2.05, 4.69) is 10.9 Å². The van der Waals surface area contributed by atoms with Gasteiger partial charge in [-0.25, -0.2) is 0 Å². The normalized spacial score (nSPS) is 20.5. The molecule has 2 N–H and O–H groups in total. The molecule has 1 atom stereocenters. The number of allylic oxidation sites excluding steroid dienone is 2. The number of nitrogens with one attached hydrogen (secondary N) is 2. The lowest BCUT2D eigenvalue weighted by atomic mass is 10.0. The fourth-order valence-electron chi connectivity index (χ4n) is 2.26. The molecule has 1 aliphatic carbocycles. The highest BCUT2D eigenvalue weighted by atomic mass is 16.6. The van der Waals surface area contributed by atoms with Crippen LogP contribution in [0.2, 0.25) is 0 Å². The molecule has 0 bridgehead atoms. The maximum Gasteiger partial charge on any atom is 0.282 e. The smallest absolute Gasteiger partial charge is 0.282 e. The summed E-state index contributed by atoms with van der Waals surface area (Å²) in [4.78, 5) is 23.3. The number of carbonyl (C=O) groups excluding carboxylic acids is 2. The van der Waals surface area contributed by atoms with Crippen molar-refractivity contribution in [2.75, 3.05) is 6.61 Å². The predicted octanol–water partition coefficient (Wildman–Crippen LogP) is 1.08. The van der Waals surface area contributed by atoms with Crippen LogP contribution < -0.4 is 20.3 Å². The number of rotatable bonds is 3. The molecule has 1 amide bonds. The summed E-state index contributed by atoms with van der Waals surface area (Å²) in [6, 6.07) is 7.21. The number of amides is 1. The van der Waals surface area contributed by atoms with E-state index >= 15 is 0 Å². The molecule has 0 saturated heterocycles. The number of benzene rings is 1. The molecule has 2 aliphatic rings. The molecule has 1 aromatic carbocycles. The number of hydrogen-bond donors (Lipinski definition) is 2. The van der Waals surface area contributed by atoms with Gasteiger partial charge in [0.15, 0.2) is 17.3 Å². The van der Waals surface area contributed by atoms with Crippen molar-refractivity contribution in [1.82, 2.24) is 10.9 Å². The molecular weight excluding hydrogens is 272 g/mol. The molecule has 6 heteroatoms. The highest BCUT2D eigenvalue weighted by Gasteiger charge is 2.27. The summed E-state index contributed by atoms with van der Waals surface area (Å²) in [7, 11) is 0. The van der Waals surface area contributed by atoms with Gasteiger partial charge in [-0.1, -0.05) is 12.1 Å². The van der Waals surface area contributed by atoms with E-state index in [1.165, 1.54) is 6.08 Å². The van der Waals surface area contributed by atoms with Crippen LogP contribution >= 0.6 is 0 Å². The van der Waals surface area contributed by atoms with Crippen LogP contribution in [0, 0.1) is 0 Å². The van der Waals surface area contributed by atoms with Crippen molar-refractivity contribution in [3.8, 4) is 11.5 Å². The van der Waals surface area contributed by atoms with Crippen LogP contribution in [0.5, 0.6) is 11.5 Å². The van der Waals surface area contributed by atoms with E-state index in [0.29, 0.717) is 17.9 Å². The maximum atomic E-state index is 12.0. The molecule has 0 fully saturated rings. The van der Waals surface area contributed by atoms with Crippen molar-refractivity contribution in [1.29, 1.82) is 0 Å². The number of carbonyl (C=O) groups is 2. The van der Waals surface area contributed by atoms with E-state index in [4.69, 9.17) is 9.47 Å². The quantitative estimate of drug-likeness (QED) is 0.814. The van der Waals surface area contributed by atoms with Gasteiger partial charge >= 0.3 is 0 Å². The molecule has 0 spiro atoms. The Morgan fingerprint density at radius 3 is 2.81 bits per heavy atom. The third kappa shape index (κ3) is 3.16. The van der Waals surface area contributed by atoms with Crippen LogP contribution in [0.1, 0.15) is 19.3 Å². The third-order valence-electron chi connectivity index (χ3n) is 3.35. The number of para-hydroxylation sites is 2. The highest BCUT2D eigenvalue weighted by molar-refractivity contribution is 5.91. The molecule has 1 heterocycles. The summed E-state index contributed by atoms with van der Waals surface area (Å²) in [5, 5.41) is 0.